The molecule has 2 aromatic heterocycles. The van der Waals surface area contributed by atoms with Crippen LogP contribution in [0.3, 0.4) is 0 Å². The van der Waals surface area contributed by atoms with Crippen molar-refractivity contribution in [1.82, 2.24) is 10.9 Å². The number of hydrogen-bond donors (Lipinski definition) is 4. The standard InChI is InChI=1S/2C6H7N3OS.2ClH.Ni/c2*7-6(10)9-8-3-5-1-2-11-4-5;;;/h2*1-4H,(H3,7,9,10);2*1H;/q;;;;+2/p-2/b2*8-3+;;;. The van der Waals surface area contributed by atoms with Gasteiger partial charge in [0.15, 0.2) is 0 Å². The summed E-state index contributed by atoms with van der Waals surface area (Å²) >= 11 is 3.70. The van der Waals surface area contributed by atoms with Gasteiger partial charge in [0, 0.05) is 11.1 Å². The monoisotopic (exact) mass is 466 g/mol. The molecule has 0 fully saturated rings. The van der Waals surface area contributed by atoms with Crippen LogP contribution in [0.4, 0.5) is 9.59 Å². The van der Waals surface area contributed by atoms with E-state index in [1.165, 1.54) is 12.4 Å². The molecule has 0 saturated carbocycles. The molecule has 13 heteroatoms. The fourth-order valence-corrected chi connectivity index (χ4v) is 2.26. The van der Waals surface area contributed by atoms with E-state index in [0.29, 0.717) is 12.7 Å². The molecular formula is C12H14Cl2N6NiO2S2. The Morgan fingerprint density at radius 2 is 1.32 bits per heavy atom. The van der Waals surface area contributed by atoms with Crippen LogP contribution in [0, 0.1) is 0 Å². The van der Waals surface area contributed by atoms with Gasteiger partial charge in [-0.1, -0.05) is 0 Å². The van der Waals surface area contributed by atoms with Crippen molar-refractivity contribution >= 4 is 67.6 Å². The van der Waals surface area contributed by atoms with Gasteiger partial charge in [-0.25, -0.2) is 20.4 Å². The van der Waals surface area contributed by atoms with Crippen LogP contribution in [-0.2, 0) is 12.7 Å². The molecule has 0 radical (unpaired) electrons. The zero-order valence-corrected chi connectivity index (χ0v) is 16.5. The van der Waals surface area contributed by atoms with Crippen LogP contribution < -0.4 is 22.3 Å². The third-order valence-corrected chi connectivity index (χ3v) is 3.27. The number of carbonyl (C=O) groups excluding carboxylic acids is 2. The number of hydrazone groups is 2. The van der Waals surface area contributed by atoms with Crippen molar-refractivity contribution in [3.8, 4) is 0 Å². The van der Waals surface area contributed by atoms with Gasteiger partial charge in [0.2, 0.25) is 0 Å². The van der Waals surface area contributed by atoms with Crippen molar-refractivity contribution in [1.29, 1.82) is 0 Å². The van der Waals surface area contributed by atoms with Crippen LogP contribution in [0.15, 0.2) is 43.9 Å². The second-order valence-corrected chi connectivity index (χ2v) is 6.82. The normalized spacial score (nSPS) is 9.84. The van der Waals surface area contributed by atoms with E-state index in [9.17, 15) is 9.59 Å². The van der Waals surface area contributed by atoms with Gasteiger partial charge in [-0.15, -0.1) is 0 Å². The summed E-state index contributed by atoms with van der Waals surface area (Å²) in [6.45, 7) is 0. The number of nitrogens with one attached hydrogen (secondary N) is 2. The van der Waals surface area contributed by atoms with Crippen LogP contribution in [-0.4, -0.2) is 24.5 Å². The molecule has 140 valence electrons. The van der Waals surface area contributed by atoms with Crippen molar-refractivity contribution in [2.45, 2.75) is 0 Å². The van der Waals surface area contributed by atoms with Gasteiger partial charge in [0.05, 0.1) is 12.4 Å². The van der Waals surface area contributed by atoms with E-state index >= 15 is 0 Å². The molecule has 0 aliphatic heterocycles. The summed E-state index contributed by atoms with van der Waals surface area (Å²) in [6.07, 6.45) is 3.06. The Balaban J connectivity index is 0.000000399. The zero-order valence-electron chi connectivity index (χ0n) is 12.4. The van der Waals surface area contributed by atoms with E-state index in [4.69, 9.17) is 31.9 Å². The number of rotatable bonds is 4. The summed E-state index contributed by atoms with van der Waals surface area (Å²) in [5, 5.41) is 14.8. The molecule has 25 heavy (non-hydrogen) atoms. The second-order valence-electron chi connectivity index (χ2n) is 3.63. The summed E-state index contributed by atoms with van der Waals surface area (Å²) in [4.78, 5) is 20.3. The fourth-order valence-electron chi connectivity index (χ4n) is 1.04. The van der Waals surface area contributed by atoms with E-state index < -0.39 is 12.1 Å². The van der Waals surface area contributed by atoms with Crippen molar-refractivity contribution in [2.24, 2.45) is 21.7 Å². The van der Waals surface area contributed by atoms with Crippen LogP contribution in [0.5, 0.6) is 0 Å². The van der Waals surface area contributed by atoms with Gasteiger partial charge in [0.25, 0.3) is 0 Å². The van der Waals surface area contributed by atoms with Gasteiger partial charge < -0.3 is 11.5 Å². The molecule has 0 saturated heterocycles. The number of hydrogen-bond acceptors (Lipinski definition) is 6. The summed E-state index contributed by atoms with van der Waals surface area (Å²) in [7, 11) is 9.40. The summed E-state index contributed by atoms with van der Waals surface area (Å²) in [6, 6.07) is 2.46. The Bertz CT molecular complexity index is 596. The molecule has 4 amide bonds. The van der Waals surface area contributed by atoms with Crippen LogP contribution >= 0.6 is 43.1 Å². The minimum absolute atomic E-state index is 0.569. The maximum absolute atomic E-state index is 10.1. The van der Waals surface area contributed by atoms with Gasteiger partial charge in [-0.2, -0.15) is 32.9 Å². The SMILES string of the molecule is NC(=O)N/N=C/c1ccsc1.NC(=O)N/N=C/c1ccsc1.[Cl][Ni][Cl]. The van der Waals surface area contributed by atoms with Gasteiger partial charge in [-0.05, 0) is 33.7 Å². The number of nitrogens with zero attached hydrogens (tertiary/aromatic N) is 2. The predicted octanol–water partition coefficient (Wildman–Crippen LogP) is 2.88. The average Bonchev–Trinajstić information content (AvgIpc) is 3.21. The quantitative estimate of drug-likeness (QED) is 0.312. The van der Waals surface area contributed by atoms with Crippen LogP contribution in [0.1, 0.15) is 11.1 Å². The first-order valence-electron chi connectivity index (χ1n) is 6.03. The number of nitrogens with two attached hydrogens (primary N) is 2. The zero-order chi connectivity index (χ0) is 18.9. The van der Waals surface area contributed by atoms with Gasteiger partial charge in [-0.3, -0.25) is 0 Å². The number of amides is 4. The number of carbonyl (C=O) groups is 2. The molecule has 0 atom stereocenters. The summed E-state index contributed by atoms with van der Waals surface area (Å²) in [5.41, 5.74) is 15.6. The predicted molar refractivity (Wildman–Crippen MR) is 101 cm³/mol. The third-order valence-electron chi connectivity index (χ3n) is 1.86. The average molecular weight is 468 g/mol. The van der Waals surface area contributed by atoms with E-state index in [1.54, 1.807) is 22.7 Å². The third kappa shape index (κ3) is 15.6. The van der Waals surface area contributed by atoms with Gasteiger partial charge in [0.1, 0.15) is 0 Å². The molecule has 2 rings (SSSR count). The Labute approximate surface area is 166 Å². The number of urea groups is 2. The Morgan fingerprint density at radius 1 is 0.960 bits per heavy atom. The summed E-state index contributed by atoms with van der Waals surface area (Å²) in [5.74, 6) is 0. The summed E-state index contributed by atoms with van der Waals surface area (Å²) < 4.78 is 0. The first-order chi connectivity index (χ1) is 12.0. The van der Waals surface area contributed by atoms with Crippen molar-refractivity contribution in [2.75, 3.05) is 0 Å². The number of halogens is 2. The molecule has 0 spiro atoms. The van der Waals surface area contributed by atoms with Crippen LogP contribution in [0.25, 0.3) is 0 Å². The maximum atomic E-state index is 10.1. The Morgan fingerprint density at radius 3 is 1.56 bits per heavy atom. The van der Waals surface area contributed by atoms with Crippen LogP contribution in [0.2, 0.25) is 0 Å². The molecule has 8 nitrogen and oxygen atoms in total. The second kappa shape index (κ2) is 15.9. The molecule has 0 unspecified atom stereocenters. The van der Waals surface area contributed by atoms with E-state index in [1.807, 2.05) is 33.7 Å². The molecular weight excluding hydrogens is 454 g/mol. The Kier molecular flexibility index (Phi) is 14.8. The topological polar surface area (TPSA) is 135 Å². The molecule has 0 aliphatic carbocycles. The first-order valence-corrected chi connectivity index (χ1v) is 10.6. The van der Waals surface area contributed by atoms with Gasteiger partial charge >= 0.3 is 45.1 Å². The molecule has 0 aliphatic rings. The van der Waals surface area contributed by atoms with E-state index in [-0.39, 0.29) is 0 Å². The van der Waals surface area contributed by atoms with Crippen molar-refractivity contribution in [3.05, 3.63) is 44.8 Å². The first kappa shape index (κ1) is 23.4. The molecule has 6 N–H and O–H groups in total. The number of thiophene rings is 2. The number of primary amides is 2. The van der Waals surface area contributed by atoms with Crippen molar-refractivity contribution in [3.63, 3.8) is 0 Å². The Hall–Kier alpha value is -1.65. The molecule has 0 bridgehead atoms. The molecule has 0 aromatic carbocycles. The van der Waals surface area contributed by atoms with Crippen molar-refractivity contribution < 1.29 is 22.2 Å². The van der Waals surface area contributed by atoms with E-state index in [0.717, 1.165) is 11.1 Å². The fraction of sp³-hybridized carbons (Fsp3) is 0. The molecule has 2 heterocycles. The minimum atomic E-state index is -0.656. The van der Waals surface area contributed by atoms with E-state index in [2.05, 4.69) is 21.1 Å². The molecule has 2 aromatic rings.